The van der Waals surface area contributed by atoms with E-state index >= 15 is 0 Å². The van der Waals surface area contributed by atoms with Crippen LogP contribution in [0.5, 0.6) is 11.5 Å². The smallest absolute Gasteiger partial charge is 0.227 e. The van der Waals surface area contributed by atoms with Crippen molar-refractivity contribution in [2.24, 2.45) is 5.73 Å². The van der Waals surface area contributed by atoms with E-state index in [4.69, 9.17) is 15.2 Å². The highest BCUT2D eigenvalue weighted by Gasteiger charge is 2.17. The maximum absolute atomic E-state index is 11.7. The number of aryl methyl sites for hydroxylation is 1. The largest absolute Gasteiger partial charge is 0.486 e. The monoisotopic (exact) mass is 333 g/mol. The number of fused-ring (bicyclic) bond motifs is 1. The highest BCUT2D eigenvalue weighted by atomic mass is 32.1. The number of carbonyl (C=O) groups excluding carboxylic acids is 1. The lowest BCUT2D eigenvalue weighted by molar-refractivity contribution is -0.116. The third-order valence-electron chi connectivity index (χ3n) is 3.45. The summed E-state index contributed by atoms with van der Waals surface area (Å²) in [7, 11) is 0. The zero-order valence-electron chi connectivity index (χ0n) is 12.9. The number of carbonyl (C=O) groups is 1. The molecule has 0 spiro atoms. The summed E-state index contributed by atoms with van der Waals surface area (Å²) in [5.41, 5.74) is 7.23. The second kappa shape index (κ2) is 6.97. The molecule has 122 valence electrons. The number of nitrogens with zero attached hydrogens (tertiary/aromatic N) is 1. The van der Waals surface area contributed by atoms with Gasteiger partial charge < -0.3 is 20.5 Å². The van der Waals surface area contributed by atoms with E-state index in [-0.39, 0.29) is 5.91 Å². The Bertz CT molecular complexity index is 715. The number of anilines is 1. The fraction of sp³-hybridized carbons (Fsp3) is 0.375. The first-order valence-electron chi connectivity index (χ1n) is 7.61. The first-order valence-corrected chi connectivity index (χ1v) is 8.42. The molecular weight excluding hydrogens is 314 g/mol. The van der Waals surface area contributed by atoms with E-state index in [1.165, 1.54) is 11.3 Å². The second-order valence-corrected chi connectivity index (χ2v) is 6.17. The summed E-state index contributed by atoms with van der Waals surface area (Å²) in [5, 5.41) is 3.40. The third-order valence-corrected chi connectivity index (χ3v) is 4.57. The molecule has 0 atom stereocenters. The van der Waals surface area contributed by atoms with Crippen molar-refractivity contribution in [2.45, 2.75) is 19.8 Å². The molecular formula is C16H19N3O3S. The number of hydrogen-bond donors (Lipinski definition) is 2. The van der Waals surface area contributed by atoms with Crippen LogP contribution in [0.25, 0.3) is 11.3 Å². The van der Waals surface area contributed by atoms with Gasteiger partial charge in [0.15, 0.2) is 16.6 Å². The number of aromatic nitrogens is 1. The lowest BCUT2D eigenvalue weighted by Gasteiger charge is -2.18. The van der Waals surface area contributed by atoms with Gasteiger partial charge in [-0.15, -0.1) is 11.3 Å². The van der Waals surface area contributed by atoms with Gasteiger partial charge in [0.2, 0.25) is 5.91 Å². The van der Waals surface area contributed by atoms with Gasteiger partial charge in [-0.1, -0.05) is 6.92 Å². The van der Waals surface area contributed by atoms with Crippen molar-refractivity contribution in [3.8, 4) is 22.8 Å². The zero-order chi connectivity index (χ0) is 16.2. The SMILES string of the molecule is CCc1sc(NC(=O)CCN)nc1-c1ccc2c(c1)OCCO2. The highest BCUT2D eigenvalue weighted by molar-refractivity contribution is 7.16. The predicted molar refractivity (Wildman–Crippen MR) is 90.2 cm³/mol. The lowest BCUT2D eigenvalue weighted by atomic mass is 10.1. The Morgan fingerprint density at radius 1 is 1.35 bits per heavy atom. The summed E-state index contributed by atoms with van der Waals surface area (Å²) >= 11 is 1.49. The van der Waals surface area contributed by atoms with Crippen molar-refractivity contribution in [3.05, 3.63) is 23.1 Å². The van der Waals surface area contributed by atoms with Crippen molar-refractivity contribution in [3.63, 3.8) is 0 Å². The molecule has 3 N–H and O–H groups in total. The molecule has 3 rings (SSSR count). The van der Waals surface area contributed by atoms with Crippen molar-refractivity contribution in [1.82, 2.24) is 4.98 Å². The molecule has 0 saturated carbocycles. The van der Waals surface area contributed by atoms with Gasteiger partial charge in [0.25, 0.3) is 0 Å². The molecule has 2 heterocycles. The Hall–Kier alpha value is -2.12. The van der Waals surface area contributed by atoms with E-state index in [0.717, 1.165) is 34.1 Å². The number of benzene rings is 1. The van der Waals surface area contributed by atoms with Crippen molar-refractivity contribution in [2.75, 3.05) is 25.1 Å². The van der Waals surface area contributed by atoms with Gasteiger partial charge in [-0.25, -0.2) is 4.98 Å². The van der Waals surface area contributed by atoms with Crippen molar-refractivity contribution >= 4 is 22.4 Å². The van der Waals surface area contributed by atoms with Crippen LogP contribution in [0.2, 0.25) is 0 Å². The second-order valence-electron chi connectivity index (χ2n) is 5.09. The summed E-state index contributed by atoms with van der Waals surface area (Å²) < 4.78 is 11.2. The van der Waals surface area contributed by atoms with Crippen molar-refractivity contribution in [1.29, 1.82) is 0 Å². The van der Waals surface area contributed by atoms with Crippen LogP contribution in [-0.2, 0) is 11.2 Å². The van der Waals surface area contributed by atoms with E-state index in [1.807, 2.05) is 18.2 Å². The number of nitrogens with one attached hydrogen (secondary N) is 1. The summed E-state index contributed by atoms with van der Waals surface area (Å²) in [6, 6.07) is 5.80. The van der Waals surface area contributed by atoms with Gasteiger partial charge >= 0.3 is 0 Å². The van der Waals surface area contributed by atoms with Gasteiger partial charge in [-0.05, 0) is 24.6 Å². The van der Waals surface area contributed by atoms with E-state index in [1.54, 1.807) is 0 Å². The lowest BCUT2D eigenvalue weighted by Crippen LogP contribution is -2.16. The summed E-state index contributed by atoms with van der Waals surface area (Å²) in [5.74, 6) is 1.37. The van der Waals surface area contributed by atoms with Gasteiger partial charge in [0, 0.05) is 23.4 Å². The summed E-state index contributed by atoms with van der Waals surface area (Å²) in [6.45, 7) is 3.52. The number of hydrogen-bond acceptors (Lipinski definition) is 6. The highest BCUT2D eigenvalue weighted by Crippen LogP contribution is 2.37. The van der Waals surface area contributed by atoms with Gasteiger partial charge in [-0.2, -0.15) is 0 Å². The third kappa shape index (κ3) is 3.46. The number of nitrogens with two attached hydrogens (primary N) is 1. The predicted octanol–water partition coefficient (Wildman–Crippen LogP) is 2.43. The van der Waals surface area contributed by atoms with Crippen LogP contribution in [0.1, 0.15) is 18.2 Å². The average molecular weight is 333 g/mol. The molecule has 7 heteroatoms. The molecule has 0 fully saturated rings. The first-order chi connectivity index (χ1) is 11.2. The minimum absolute atomic E-state index is 0.113. The Morgan fingerprint density at radius 2 is 2.13 bits per heavy atom. The fourth-order valence-corrected chi connectivity index (χ4v) is 3.31. The molecule has 0 saturated heterocycles. The molecule has 0 aliphatic carbocycles. The van der Waals surface area contributed by atoms with Gasteiger partial charge in [0.05, 0.1) is 5.69 Å². The van der Waals surface area contributed by atoms with Crippen LogP contribution in [0.3, 0.4) is 0 Å². The van der Waals surface area contributed by atoms with Crippen LogP contribution < -0.4 is 20.5 Å². The summed E-state index contributed by atoms with van der Waals surface area (Å²) in [4.78, 5) is 17.4. The quantitative estimate of drug-likeness (QED) is 0.877. The molecule has 0 bridgehead atoms. The molecule has 2 aromatic rings. The standard InChI is InChI=1S/C16H19N3O3S/c1-2-13-15(19-16(23-13)18-14(20)5-6-17)10-3-4-11-12(9-10)22-8-7-21-11/h3-4,9H,2,5-8,17H2,1H3,(H,18,19,20). The van der Waals surface area contributed by atoms with Crippen LogP contribution in [0, 0.1) is 0 Å². The zero-order valence-corrected chi connectivity index (χ0v) is 13.7. The molecule has 1 amide bonds. The van der Waals surface area contributed by atoms with Crippen molar-refractivity contribution < 1.29 is 14.3 Å². The van der Waals surface area contributed by atoms with Gasteiger partial charge in [-0.3, -0.25) is 4.79 Å². The van der Waals surface area contributed by atoms with Crippen LogP contribution in [-0.4, -0.2) is 30.6 Å². The van der Waals surface area contributed by atoms with E-state index in [9.17, 15) is 4.79 Å². The Kier molecular flexibility index (Phi) is 4.78. The average Bonchev–Trinajstić information content (AvgIpc) is 2.97. The van der Waals surface area contributed by atoms with E-state index in [2.05, 4.69) is 17.2 Å². The number of rotatable bonds is 5. The normalized spacial score (nSPS) is 13.0. The minimum Gasteiger partial charge on any atom is -0.486 e. The molecule has 1 aliphatic rings. The summed E-state index contributed by atoms with van der Waals surface area (Å²) in [6.07, 6.45) is 1.13. The topological polar surface area (TPSA) is 86.5 Å². The number of ether oxygens (including phenoxy) is 2. The molecule has 1 aliphatic heterocycles. The first kappa shape index (κ1) is 15.8. The fourth-order valence-electron chi connectivity index (χ4n) is 2.37. The Labute approximate surface area is 138 Å². The van der Waals surface area contributed by atoms with Crippen LogP contribution >= 0.6 is 11.3 Å². The maximum atomic E-state index is 11.7. The molecule has 6 nitrogen and oxygen atoms in total. The molecule has 0 unspecified atom stereocenters. The Morgan fingerprint density at radius 3 is 2.87 bits per heavy atom. The van der Waals surface area contributed by atoms with E-state index in [0.29, 0.717) is 31.3 Å². The molecule has 1 aromatic carbocycles. The van der Waals surface area contributed by atoms with Crippen LogP contribution in [0.4, 0.5) is 5.13 Å². The van der Waals surface area contributed by atoms with Crippen LogP contribution in [0.15, 0.2) is 18.2 Å². The maximum Gasteiger partial charge on any atom is 0.227 e. The van der Waals surface area contributed by atoms with E-state index < -0.39 is 0 Å². The molecule has 23 heavy (non-hydrogen) atoms. The molecule has 0 radical (unpaired) electrons. The number of amides is 1. The number of thiazole rings is 1. The van der Waals surface area contributed by atoms with Gasteiger partial charge in [0.1, 0.15) is 13.2 Å². The molecule has 1 aromatic heterocycles. The Balaban J connectivity index is 1.89. The minimum atomic E-state index is -0.113.